The molecule has 0 unspecified atom stereocenters. The summed E-state index contributed by atoms with van der Waals surface area (Å²) in [5.41, 5.74) is 9.89. The summed E-state index contributed by atoms with van der Waals surface area (Å²) in [6, 6.07) is 13.0. The van der Waals surface area contributed by atoms with E-state index in [-0.39, 0.29) is 0 Å². The van der Waals surface area contributed by atoms with Gasteiger partial charge in [0.25, 0.3) is 5.91 Å². The van der Waals surface area contributed by atoms with Crippen molar-refractivity contribution >= 4 is 39.4 Å². The molecule has 1 amide bonds. The highest BCUT2D eigenvalue weighted by atomic mass is 35.5. The molecule has 2 aromatic carbocycles. The predicted octanol–water partition coefficient (Wildman–Crippen LogP) is 4.59. The number of sulfonamides is 1. The van der Waals surface area contributed by atoms with Gasteiger partial charge in [0.2, 0.25) is 10.0 Å². The number of nitrogens with one attached hydrogen (secondary N) is 1. The van der Waals surface area contributed by atoms with Gasteiger partial charge >= 0.3 is 0 Å². The minimum absolute atomic E-state index is 0.314. The number of nitrogens with zero attached hydrogens (tertiary/aromatic N) is 3. The molecule has 1 aromatic heterocycles. The van der Waals surface area contributed by atoms with Gasteiger partial charge in [0, 0.05) is 22.0 Å². The Morgan fingerprint density at radius 1 is 1.06 bits per heavy atom. The molecule has 0 saturated heterocycles. The fourth-order valence-corrected chi connectivity index (χ4v) is 4.92. The fraction of sp³-hybridized carbons (Fsp3) is 0.280. The first kappa shape index (κ1) is 25.5. The second-order valence-electron chi connectivity index (χ2n) is 8.40. The predicted molar refractivity (Wildman–Crippen MR) is 139 cm³/mol. The van der Waals surface area contributed by atoms with Crippen molar-refractivity contribution in [2.45, 2.75) is 34.6 Å². The van der Waals surface area contributed by atoms with Gasteiger partial charge in [-0.1, -0.05) is 35.9 Å². The number of hydrogen-bond donors (Lipinski definition) is 1. The number of aromatic nitrogens is 1. The molecule has 0 fully saturated rings. The van der Waals surface area contributed by atoms with Crippen molar-refractivity contribution in [3.8, 4) is 5.69 Å². The van der Waals surface area contributed by atoms with Crippen molar-refractivity contribution in [1.82, 2.24) is 9.99 Å². The Kier molecular flexibility index (Phi) is 7.53. The Labute approximate surface area is 206 Å². The van der Waals surface area contributed by atoms with E-state index in [0.717, 1.165) is 49.9 Å². The molecule has 34 heavy (non-hydrogen) atoms. The molecule has 0 spiro atoms. The maximum absolute atomic E-state index is 12.5. The first-order chi connectivity index (χ1) is 15.9. The fourth-order valence-electron chi connectivity index (χ4n) is 3.90. The summed E-state index contributed by atoms with van der Waals surface area (Å²) in [6.07, 6.45) is 2.61. The molecule has 0 aliphatic carbocycles. The average Bonchev–Trinajstić information content (AvgIpc) is 3.01. The van der Waals surface area contributed by atoms with Gasteiger partial charge in [-0.2, -0.15) is 5.10 Å². The first-order valence-corrected chi connectivity index (χ1v) is 12.9. The maximum Gasteiger partial charge on any atom is 0.260 e. The van der Waals surface area contributed by atoms with Gasteiger partial charge in [-0.3, -0.25) is 9.10 Å². The number of carbonyl (C=O) groups excluding carboxylic acids is 1. The Morgan fingerprint density at radius 3 is 2.29 bits per heavy atom. The SMILES string of the molecule is Cc1ccc(N(CC(=O)N/N=C/c2cc(C)n(-c3c(C)cccc3C)c2C)S(C)(=O)=O)cc1Cl. The highest BCUT2D eigenvalue weighted by molar-refractivity contribution is 7.92. The lowest BCUT2D eigenvalue weighted by Crippen LogP contribution is -2.39. The highest BCUT2D eigenvalue weighted by Crippen LogP contribution is 2.26. The van der Waals surface area contributed by atoms with E-state index in [1.807, 2.05) is 32.9 Å². The van der Waals surface area contributed by atoms with Gasteiger partial charge in [0.15, 0.2) is 0 Å². The largest absolute Gasteiger partial charge is 0.317 e. The van der Waals surface area contributed by atoms with Crippen LogP contribution in [0.25, 0.3) is 5.69 Å². The minimum Gasteiger partial charge on any atom is -0.317 e. The molecule has 0 saturated carbocycles. The molecule has 9 heteroatoms. The molecule has 7 nitrogen and oxygen atoms in total. The summed E-state index contributed by atoms with van der Waals surface area (Å²) < 4.78 is 27.8. The van der Waals surface area contributed by atoms with E-state index < -0.39 is 22.5 Å². The second kappa shape index (κ2) is 10.0. The van der Waals surface area contributed by atoms with Crippen LogP contribution in [0.1, 0.15) is 33.6 Å². The number of rotatable bonds is 7. The van der Waals surface area contributed by atoms with Crippen molar-refractivity contribution in [3.05, 3.63) is 81.1 Å². The topological polar surface area (TPSA) is 83.8 Å². The Morgan fingerprint density at radius 2 is 1.71 bits per heavy atom. The third-order valence-corrected chi connectivity index (χ3v) is 7.20. The Hall–Kier alpha value is -3.10. The number of anilines is 1. The van der Waals surface area contributed by atoms with Crippen molar-refractivity contribution in [2.24, 2.45) is 5.10 Å². The third-order valence-electron chi connectivity index (χ3n) is 5.66. The number of hydrogen-bond acceptors (Lipinski definition) is 4. The molecule has 0 radical (unpaired) electrons. The number of benzene rings is 2. The van der Waals surface area contributed by atoms with Gasteiger partial charge < -0.3 is 4.57 Å². The number of amides is 1. The molecule has 1 N–H and O–H groups in total. The summed E-state index contributed by atoms with van der Waals surface area (Å²) in [7, 11) is -3.71. The van der Waals surface area contributed by atoms with Crippen molar-refractivity contribution in [1.29, 1.82) is 0 Å². The Balaban J connectivity index is 1.79. The zero-order chi connectivity index (χ0) is 25.2. The van der Waals surface area contributed by atoms with Crippen LogP contribution in [0.3, 0.4) is 0 Å². The van der Waals surface area contributed by atoms with Crippen molar-refractivity contribution in [2.75, 3.05) is 17.1 Å². The van der Waals surface area contributed by atoms with Crippen LogP contribution in [0.2, 0.25) is 5.02 Å². The number of halogens is 1. The summed E-state index contributed by atoms with van der Waals surface area (Å²) >= 11 is 6.14. The zero-order valence-electron chi connectivity index (χ0n) is 20.2. The molecule has 3 aromatic rings. The van der Waals surface area contributed by atoms with Crippen LogP contribution < -0.4 is 9.73 Å². The lowest BCUT2D eigenvalue weighted by molar-refractivity contribution is -0.119. The summed E-state index contributed by atoms with van der Waals surface area (Å²) in [5.74, 6) is -0.568. The standard InChI is InChI=1S/C25H29ClN4O3S/c1-16-10-11-22(13-23(16)26)29(34(6,32)33)15-24(31)28-27-14-21-12-19(4)30(20(21)5)25-17(2)8-7-9-18(25)3/h7-14H,15H2,1-6H3,(H,28,31)/b27-14+. The monoisotopic (exact) mass is 500 g/mol. The van der Waals surface area contributed by atoms with Gasteiger partial charge in [-0.25, -0.2) is 13.8 Å². The van der Waals surface area contributed by atoms with Crippen LogP contribution in [0.4, 0.5) is 5.69 Å². The molecule has 0 aliphatic rings. The Bertz CT molecular complexity index is 1360. The van der Waals surface area contributed by atoms with Crippen molar-refractivity contribution in [3.63, 3.8) is 0 Å². The van der Waals surface area contributed by atoms with Gasteiger partial charge in [0.05, 0.1) is 23.8 Å². The normalized spacial score (nSPS) is 11.7. The van der Waals surface area contributed by atoms with Crippen LogP contribution in [0, 0.1) is 34.6 Å². The minimum atomic E-state index is -3.71. The molecule has 0 aliphatic heterocycles. The lowest BCUT2D eigenvalue weighted by atomic mass is 10.1. The van der Waals surface area contributed by atoms with Gasteiger partial charge in [-0.05, 0) is 69.5 Å². The quantitative estimate of drug-likeness (QED) is 0.380. The van der Waals surface area contributed by atoms with E-state index in [2.05, 4.69) is 41.1 Å². The number of carbonyl (C=O) groups is 1. The smallest absolute Gasteiger partial charge is 0.260 e. The molecule has 0 bridgehead atoms. The van der Waals surface area contributed by atoms with Crippen LogP contribution in [-0.2, 0) is 14.8 Å². The second-order valence-corrected chi connectivity index (χ2v) is 10.7. The number of para-hydroxylation sites is 1. The molecular formula is C25H29ClN4O3S. The van der Waals surface area contributed by atoms with Crippen LogP contribution in [-0.4, -0.2) is 37.9 Å². The van der Waals surface area contributed by atoms with Crippen molar-refractivity contribution < 1.29 is 13.2 Å². The van der Waals surface area contributed by atoms with E-state index in [9.17, 15) is 13.2 Å². The van der Waals surface area contributed by atoms with E-state index in [1.165, 1.54) is 6.07 Å². The number of hydrazone groups is 1. The molecule has 180 valence electrons. The molecule has 0 atom stereocenters. The van der Waals surface area contributed by atoms with E-state index >= 15 is 0 Å². The van der Waals surface area contributed by atoms with Gasteiger partial charge in [0.1, 0.15) is 6.54 Å². The third kappa shape index (κ3) is 5.51. The van der Waals surface area contributed by atoms with E-state index in [0.29, 0.717) is 10.7 Å². The zero-order valence-corrected chi connectivity index (χ0v) is 21.8. The van der Waals surface area contributed by atoms with E-state index in [4.69, 9.17) is 11.6 Å². The molecule has 3 rings (SSSR count). The van der Waals surface area contributed by atoms with Gasteiger partial charge in [-0.15, -0.1) is 0 Å². The summed E-state index contributed by atoms with van der Waals surface area (Å²) in [6.45, 7) is 9.56. The lowest BCUT2D eigenvalue weighted by Gasteiger charge is -2.21. The first-order valence-electron chi connectivity index (χ1n) is 10.7. The summed E-state index contributed by atoms with van der Waals surface area (Å²) in [5, 5.41) is 4.49. The van der Waals surface area contributed by atoms with Crippen LogP contribution >= 0.6 is 11.6 Å². The molecular weight excluding hydrogens is 472 g/mol. The highest BCUT2D eigenvalue weighted by Gasteiger charge is 2.21. The average molecular weight is 501 g/mol. The summed E-state index contributed by atoms with van der Waals surface area (Å²) in [4.78, 5) is 12.5. The number of aryl methyl sites for hydroxylation is 4. The van der Waals surface area contributed by atoms with Crippen LogP contribution in [0.5, 0.6) is 0 Å². The van der Waals surface area contributed by atoms with Crippen LogP contribution in [0.15, 0.2) is 47.6 Å². The van der Waals surface area contributed by atoms with E-state index in [1.54, 1.807) is 18.3 Å². The maximum atomic E-state index is 12.5. The molecule has 1 heterocycles.